The van der Waals surface area contributed by atoms with Crippen LogP contribution in [-0.4, -0.2) is 42.2 Å². The lowest BCUT2D eigenvalue weighted by Gasteiger charge is -2.20. The molecule has 3 rings (SSSR count). The van der Waals surface area contributed by atoms with Crippen LogP contribution in [-0.2, 0) is 6.42 Å². The molecule has 1 heterocycles. The van der Waals surface area contributed by atoms with Gasteiger partial charge in [0.2, 0.25) is 0 Å². The monoisotopic (exact) mass is 511 g/mol. The predicted molar refractivity (Wildman–Crippen MR) is 126 cm³/mol. The third kappa shape index (κ3) is 6.88. The Balaban J connectivity index is 0.00000300. The molecule has 1 unspecified atom stereocenters. The number of nitrogens with zero attached hydrogens (tertiary/aromatic N) is 2. The number of hydrogen-bond donors (Lipinski definition) is 3. The highest BCUT2D eigenvalue weighted by Gasteiger charge is 2.10. The molecular weight excluding hydrogens is 484 g/mol. The second-order valence-corrected chi connectivity index (χ2v) is 6.44. The zero-order valence-electron chi connectivity index (χ0n) is 16.6. The van der Waals surface area contributed by atoms with Gasteiger partial charge in [-0.05, 0) is 30.7 Å². The number of nitrogens with one attached hydrogen (secondary N) is 3. The number of aromatic nitrogens is 2. The highest BCUT2D eigenvalue weighted by atomic mass is 127. The number of aliphatic imine (C=N–C) groups is 1. The lowest BCUT2D eigenvalue weighted by Crippen LogP contribution is -2.43. The van der Waals surface area contributed by atoms with E-state index in [1.54, 1.807) is 19.2 Å². The fraction of sp³-hybridized carbons (Fsp3) is 0.333. The van der Waals surface area contributed by atoms with E-state index >= 15 is 0 Å². The van der Waals surface area contributed by atoms with Gasteiger partial charge in [0, 0.05) is 26.1 Å². The number of hydrogen-bond acceptors (Lipinski definition) is 3. The highest BCUT2D eigenvalue weighted by molar-refractivity contribution is 14.0. The van der Waals surface area contributed by atoms with Crippen LogP contribution < -0.4 is 15.4 Å². The van der Waals surface area contributed by atoms with E-state index in [0.29, 0.717) is 24.8 Å². The first kappa shape index (κ1) is 22.9. The summed E-state index contributed by atoms with van der Waals surface area (Å²) in [7, 11) is 1.73. The number of H-pyrrole nitrogens is 1. The summed E-state index contributed by atoms with van der Waals surface area (Å²) in [5.41, 5.74) is 2.01. The summed E-state index contributed by atoms with van der Waals surface area (Å²) >= 11 is 0. The van der Waals surface area contributed by atoms with E-state index in [-0.39, 0.29) is 35.9 Å². The Kier molecular flexibility index (Phi) is 9.17. The molecule has 0 saturated heterocycles. The Morgan fingerprint density at radius 2 is 2.03 bits per heavy atom. The van der Waals surface area contributed by atoms with Crippen LogP contribution in [0, 0.1) is 5.82 Å². The average molecular weight is 511 g/mol. The van der Waals surface area contributed by atoms with E-state index in [1.165, 1.54) is 12.1 Å². The van der Waals surface area contributed by atoms with E-state index in [1.807, 2.05) is 31.2 Å². The first-order chi connectivity index (χ1) is 13.7. The molecule has 2 aromatic carbocycles. The summed E-state index contributed by atoms with van der Waals surface area (Å²) in [5.74, 6) is 1.85. The molecule has 3 N–H and O–H groups in total. The molecule has 0 aliphatic heterocycles. The SMILES string of the molecule is CCC(CNC(=NC)NCCc1nc2ccccc2[nH]1)Oc1cccc(F)c1.I. The predicted octanol–water partition coefficient (Wildman–Crippen LogP) is 3.89. The number of imidazole rings is 1. The second-order valence-electron chi connectivity index (χ2n) is 6.44. The summed E-state index contributed by atoms with van der Waals surface area (Å²) < 4.78 is 19.2. The van der Waals surface area contributed by atoms with Gasteiger partial charge >= 0.3 is 0 Å². The lowest BCUT2D eigenvalue weighted by molar-refractivity contribution is 0.199. The molecule has 1 aromatic heterocycles. The van der Waals surface area contributed by atoms with Gasteiger partial charge in [0.05, 0.1) is 17.6 Å². The number of aromatic amines is 1. The number of fused-ring (bicyclic) bond motifs is 1. The van der Waals surface area contributed by atoms with Crippen LogP contribution in [0.15, 0.2) is 53.5 Å². The fourth-order valence-corrected chi connectivity index (χ4v) is 2.86. The summed E-state index contributed by atoms with van der Waals surface area (Å²) in [6.45, 7) is 3.29. The minimum atomic E-state index is -0.302. The maximum Gasteiger partial charge on any atom is 0.191 e. The minimum absolute atomic E-state index is 0. The number of ether oxygens (including phenoxy) is 1. The van der Waals surface area contributed by atoms with Crippen molar-refractivity contribution in [2.75, 3.05) is 20.1 Å². The van der Waals surface area contributed by atoms with Crippen molar-refractivity contribution < 1.29 is 9.13 Å². The van der Waals surface area contributed by atoms with Crippen molar-refractivity contribution in [2.45, 2.75) is 25.9 Å². The normalized spacial score (nSPS) is 12.3. The van der Waals surface area contributed by atoms with E-state index in [0.717, 1.165) is 29.7 Å². The molecule has 0 aliphatic carbocycles. The van der Waals surface area contributed by atoms with E-state index in [2.05, 4.69) is 25.6 Å². The van der Waals surface area contributed by atoms with Gasteiger partial charge < -0.3 is 20.4 Å². The van der Waals surface area contributed by atoms with Gasteiger partial charge in [-0.15, -0.1) is 24.0 Å². The number of halogens is 2. The van der Waals surface area contributed by atoms with Crippen LogP contribution in [0.4, 0.5) is 4.39 Å². The molecule has 156 valence electrons. The molecule has 6 nitrogen and oxygen atoms in total. The molecule has 1 atom stereocenters. The molecule has 0 spiro atoms. The number of benzene rings is 2. The quantitative estimate of drug-likeness (QED) is 0.244. The minimum Gasteiger partial charge on any atom is -0.489 e. The van der Waals surface area contributed by atoms with Gasteiger partial charge in [-0.3, -0.25) is 4.99 Å². The molecule has 29 heavy (non-hydrogen) atoms. The number of para-hydroxylation sites is 2. The van der Waals surface area contributed by atoms with Crippen molar-refractivity contribution in [3.8, 4) is 5.75 Å². The molecular formula is C21H27FIN5O. The summed E-state index contributed by atoms with van der Waals surface area (Å²) in [5, 5.41) is 6.54. The Hall–Kier alpha value is -2.36. The fourth-order valence-electron chi connectivity index (χ4n) is 2.86. The molecule has 0 aliphatic rings. The van der Waals surface area contributed by atoms with Crippen LogP contribution >= 0.6 is 24.0 Å². The van der Waals surface area contributed by atoms with Crippen molar-refractivity contribution in [3.63, 3.8) is 0 Å². The first-order valence-corrected chi connectivity index (χ1v) is 9.48. The molecule has 0 fully saturated rings. The summed E-state index contributed by atoms with van der Waals surface area (Å²) in [4.78, 5) is 12.1. The third-order valence-corrected chi connectivity index (χ3v) is 4.37. The van der Waals surface area contributed by atoms with Crippen molar-refractivity contribution >= 4 is 41.0 Å². The Bertz CT molecular complexity index is 897. The molecule has 0 saturated carbocycles. The highest BCUT2D eigenvalue weighted by Crippen LogP contribution is 2.14. The molecule has 8 heteroatoms. The van der Waals surface area contributed by atoms with Gasteiger partial charge in [0.15, 0.2) is 5.96 Å². The Morgan fingerprint density at radius 3 is 2.76 bits per heavy atom. The summed E-state index contributed by atoms with van der Waals surface area (Å²) in [6.07, 6.45) is 1.46. The largest absolute Gasteiger partial charge is 0.489 e. The van der Waals surface area contributed by atoms with Gasteiger partial charge in [-0.25, -0.2) is 9.37 Å². The number of rotatable bonds is 8. The van der Waals surface area contributed by atoms with Gasteiger partial charge in [-0.1, -0.05) is 25.1 Å². The van der Waals surface area contributed by atoms with E-state index in [9.17, 15) is 4.39 Å². The Labute approximate surface area is 187 Å². The standard InChI is InChI=1S/C21H26FN5O.HI/c1-3-16(28-17-8-6-7-15(22)13-17)14-25-21(23-2)24-12-11-20-26-18-9-4-5-10-19(18)27-20;/h4-10,13,16H,3,11-12,14H2,1-2H3,(H,26,27)(H2,23,24,25);1H. The van der Waals surface area contributed by atoms with Crippen LogP contribution in [0.25, 0.3) is 11.0 Å². The summed E-state index contributed by atoms with van der Waals surface area (Å²) in [6, 6.07) is 14.2. The molecule has 0 bridgehead atoms. The van der Waals surface area contributed by atoms with Gasteiger partial charge in [0.25, 0.3) is 0 Å². The number of guanidine groups is 1. The van der Waals surface area contributed by atoms with E-state index in [4.69, 9.17) is 4.74 Å². The maximum absolute atomic E-state index is 13.3. The molecule has 0 radical (unpaired) electrons. The van der Waals surface area contributed by atoms with Crippen molar-refractivity contribution in [1.82, 2.24) is 20.6 Å². The zero-order chi connectivity index (χ0) is 19.8. The van der Waals surface area contributed by atoms with Crippen molar-refractivity contribution in [2.24, 2.45) is 4.99 Å². The lowest BCUT2D eigenvalue weighted by atomic mass is 10.2. The van der Waals surface area contributed by atoms with Gasteiger partial charge in [0.1, 0.15) is 23.5 Å². The Morgan fingerprint density at radius 1 is 1.21 bits per heavy atom. The smallest absolute Gasteiger partial charge is 0.191 e. The van der Waals surface area contributed by atoms with Crippen LogP contribution in [0.2, 0.25) is 0 Å². The molecule has 0 amide bonds. The van der Waals surface area contributed by atoms with Crippen LogP contribution in [0.5, 0.6) is 5.75 Å². The zero-order valence-corrected chi connectivity index (χ0v) is 18.9. The molecule has 3 aromatic rings. The van der Waals surface area contributed by atoms with Crippen LogP contribution in [0.1, 0.15) is 19.2 Å². The van der Waals surface area contributed by atoms with Crippen LogP contribution in [0.3, 0.4) is 0 Å². The topological polar surface area (TPSA) is 74.3 Å². The second kappa shape index (κ2) is 11.6. The maximum atomic E-state index is 13.3. The third-order valence-electron chi connectivity index (χ3n) is 4.37. The van der Waals surface area contributed by atoms with Gasteiger partial charge in [-0.2, -0.15) is 0 Å². The van der Waals surface area contributed by atoms with Crippen molar-refractivity contribution in [3.05, 3.63) is 60.2 Å². The first-order valence-electron chi connectivity index (χ1n) is 9.48. The van der Waals surface area contributed by atoms with E-state index < -0.39 is 0 Å². The van der Waals surface area contributed by atoms with Crippen molar-refractivity contribution in [1.29, 1.82) is 0 Å². The average Bonchev–Trinajstić information content (AvgIpc) is 3.12.